The van der Waals surface area contributed by atoms with E-state index in [1.165, 1.54) is 38.0 Å². The topological polar surface area (TPSA) is 32.3 Å². The molecule has 0 spiro atoms. The van der Waals surface area contributed by atoms with Crippen molar-refractivity contribution in [2.45, 2.75) is 56.2 Å². The van der Waals surface area contributed by atoms with Crippen molar-refractivity contribution >= 4 is 17.7 Å². The number of carbonyl (C=O) groups excluding carboxylic acids is 1. The molecule has 0 bridgehead atoms. The van der Waals surface area contributed by atoms with Crippen molar-refractivity contribution in [3.63, 3.8) is 0 Å². The molecule has 1 amide bonds. The monoisotopic (exact) mass is 282 g/mol. The quantitative estimate of drug-likeness (QED) is 0.858. The maximum atomic E-state index is 12.4. The number of rotatable bonds is 4. The third kappa shape index (κ3) is 3.88. The third-order valence-corrected chi connectivity index (χ3v) is 6.02. The van der Waals surface area contributed by atoms with Gasteiger partial charge in [0.2, 0.25) is 5.91 Å². The highest BCUT2D eigenvalue weighted by molar-refractivity contribution is 8.00. The Morgan fingerprint density at radius 2 is 1.89 bits per heavy atom. The smallest absolute Gasteiger partial charge is 0.235 e. The summed E-state index contributed by atoms with van der Waals surface area (Å²) in [5.74, 6) is 2.55. The van der Waals surface area contributed by atoms with Crippen LogP contribution in [-0.2, 0) is 4.79 Å². The maximum Gasteiger partial charge on any atom is 0.235 e. The van der Waals surface area contributed by atoms with Crippen molar-refractivity contribution in [3.05, 3.63) is 0 Å². The van der Waals surface area contributed by atoms with Crippen LogP contribution in [0.15, 0.2) is 0 Å². The van der Waals surface area contributed by atoms with E-state index in [2.05, 4.69) is 10.2 Å². The molecule has 1 atom stereocenters. The molecule has 4 heteroatoms. The van der Waals surface area contributed by atoms with E-state index >= 15 is 0 Å². The Kier molecular flexibility index (Phi) is 4.69. The van der Waals surface area contributed by atoms with E-state index in [0.29, 0.717) is 11.9 Å². The van der Waals surface area contributed by atoms with Crippen LogP contribution >= 0.6 is 11.8 Å². The van der Waals surface area contributed by atoms with Gasteiger partial charge in [-0.25, -0.2) is 0 Å². The van der Waals surface area contributed by atoms with Crippen LogP contribution in [0.5, 0.6) is 0 Å². The van der Waals surface area contributed by atoms with Gasteiger partial charge in [0.15, 0.2) is 0 Å². The lowest BCUT2D eigenvalue weighted by atomic mass is 10.0. The molecule has 3 nitrogen and oxygen atoms in total. The predicted molar refractivity (Wildman–Crippen MR) is 80.4 cm³/mol. The van der Waals surface area contributed by atoms with Crippen LogP contribution in [0.2, 0.25) is 0 Å². The van der Waals surface area contributed by atoms with Gasteiger partial charge >= 0.3 is 0 Å². The van der Waals surface area contributed by atoms with E-state index in [0.717, 1.165) is 38.3 Å². The SMILES string of the molecule is O=C(C1CCCCS1)N1CCC(NCC2CC2)CC1. The summed E-state index contributed by atoms with van der Waals surface area (Å²) < 4.78 is 0. The van der Waals surface area contributed by atoms with Crippen LogP contribution < -0.4 is 5.32 Å². The summed E-state index contributed by atoms with van der Waals surface area (Å²) in [5.41, 5.74) is 0. The Hall–Kier alpha value is -0.220. The molecule has 1 unspecified atom stereocenters. The Morgan fingerprint density at radius 1 is 1.11 bits per heavy atom. The van der Waals surface area contributed by atoms with Crippen molar-refractivity contribution in [1.82, 2.24) is 10.2 Å². The molecular weight excluding hydrogens is 256 g/mol. The number of hydrogen-bond donors (Lipinski definition) is 1. The summed E-state index contributed by atoms with van der Waals surface area (Å²) in [6, 6.07) is 0.656. The zero-order chi connectivity index (χ0) is 13.1. The van der Waals surface area contributed by atoms with Gasteiger partial charge in [-0.1, -0.05) is 6.42 Å². The zero-order valence-electron chi connectivity index (χ0n) is 11.8. The van der Waals surface area contributed by atoms with Crippen LogP contribution in [0.1, 0.15) is 44.9 Å². The lowest BCUT2D eigenvalue weighted by molar-refractivity contribution is -0.131. The summed E-state index contributed by atoms with van der Waals surface area (Å²) in [7, 11) is 0. The highest BCUT2D eigenvalue weighted by atomic mass is 32.2. The first-order chi connectivity index (χ1) is 9.33. The van der Waals surface area contributed by atoms with Gasteiger partial charge in [0.05, 0.1) is 5.25 Å². The molecule has 108 valence electrons. The molecule has 2 saturated heterocycles. The fourth-order valence-electron chi connectivity index (χ4n) is 3.10. The molecule has 1 N–H and O–H groups in total. The Bertz CT molecular complexity index is 305. The minimum atomic E-state index is 0.268. The van der Waals surface area contributed by atoms with Crippen molar-refractivity contribution in [2.75, 3.05) is 25.4 Å². The number of amides is 1. The molecule has 2 aliphatic heterocycles. The summed E-state index contributed by atoms with van der Waals surface area (Å²) in [4.78, 5) is 14.5. The summed E-state index contributed by atoms with van der Waals surface area (Å²) in [6.45, 7) is 3.15. The van der Waals surface area contributed by atoms with Gasteiger partial charge in [-0.15, -0.1) is 11.8 Å². The Labute approximate surface area is 120 Å². The molecule has 1 saturated carbocycles. The van der Waals surface area contributed by atoms with E-state index in [9.17, 15) is 4.79 Å². The number of likely N-dealkylation sites (tertiary alicyclic amines) is 1. The number of nitrogens with zero attached hydrogens (tertiary/aromatic N) is 1. The van der Waals surface area contributed by atoms with E-state index in [4.69, 9.17) is 0 Å². The van der Waals surface area contributed by atoms with Crippen molar-refractivity contribution in [2.24, 2.45) is 5.92 Å². The van der Waals surface area contributed by atoms with Crippen molar-refractivity contribution in [3.8, 4) is 0 Å². The minimum Gasteiger partial charge on any atom is -0.342 e. The fourth-order valence-corrected chi connectivity index (χ4v) is 4.38. The summed E-state index contributed by atoms with van der Waals surface area (Å²) in [6.07, 6.45) is 8.77. The van der Waals surface area contributed by atoms with Crippen LogP contribution in [0, 0.1) is 5.92 Å². The standard InChI is InChI=1S/C15H26N2OS/c18-15(14-3-1-2-10-19-14)17-8-6-13(7-9-17)16-11-12-4-5-12/h12-14,16H,1-11H2. The minimum absolute atomic E-state index is 0.268. The number of nitrogens with one attached hydrogen (secondary N) is 1. The van der Waals surface area contributed by atoms with Crippen LogP contribution in [0.3, 0.4) is 0 Å². The zero-order valence-corrected chi connectivity index (χ0v) is 12.6. The molecule has 0 aromatic heterocycles. The maximum absolute atomic E-state index is 12.4. The number of piperidine rings is 1. The van der Waals surface area contributed by atoms with Crippen LogP contribution in [0.25, 0.3) is 0 Å². The van der Waals surface area contributed by atoms with E-state index in [-0.39, 0.29) is 5.25 Å². The Balaban J connectivity index is 1.39. The van der Waals surface area contributed by atoms with Crippen molar-refractivity contribution in [1.29, 1.82) is 0 Å². The highest BCUT2D eigenvalue weighted by Crippen LogP contribution is 2.29. The first-order valence-electron chi connectivity index (χ1n) is 7.96. The third-order valence-electron chi connectivity index (χ3n) is 4.65. The molecule has 0 aromatic carbocycles. The number of hydrogen-bond acceptors (Lipinski definition) is 3. The van der Waals surface area contributed by atoms with Gasteiger partial charge in [0.25, 0.3) is 0 Å². The van der Waals surface area contributed by atoms with Crippen LogP contribution in [0.4, 0.5) is 0 Å². The fraction of sp³-hybridized carbons (Fsp3) is 0.933. The van der Waals surface area contributed by atoms with Gasteiger partial charge in [0.1, 0.15) is 0 Å². The molecule has 3 rings (SSSR count). The normalized spacial score (nSPS) is 29.5. The average molecular weight is 282 g/mol. The summed E-state index contributed by atoms with van der Waals surface area (Å²) >= 11 is 1.88. The lowest BCUT2D eigenvalue weighted by Crippen LogP contribution is -2.48. The first-order valence-corrected chi connectivity index (χ1v) is 9.01. The second-order valence-electron chi connectivity index (χ2n) is 6.31. The average Bonchev–Trinajstić information content (AvgIpc) is 3.30. The number of carbonyl (C=O) groups is 1. The molecular formula is C15H26N2OS. The number of thioether (sulfide) groups is 1. The van der Waals surface area contributed by atoms with Crippen molar-refractivity contribution < 1.29 is 4.79 Å². The molecule has 0 aromatic rings. The second-order valence-corrected chi connectivity index (χ2v) is 7.62. The highest BCUT2D eigenvalue weighted by Gasteiger charge is 2.30. The van der Waals surface area contributed by atoms with E-state index in [1.54, 1.807) is 0 Å². The molecule has 0 radical (unpaired) electrons. The molecule has 2 heterocycles. The van der Waals surface area contributed by atoms with Crippen LogP contribution in [-0.4, -0.2) is 47.5 Å². The van der Waals surface area contributed by atoms with Gasteiger partial charge in [-0.05, 0) is 56.7 Å². The molecule has 1 aliphatic carbocycles. The largest absolute Gasteiger partial charge is 0.342 e. The van der Waals surface area contributed by atoms with Gasteiger partial charge in [-0.2, -0.15) is 0 Å². The first kappa shape index (κ1) is 13.7. The molecule has 19 heavy (non-hydrogen) atoms. The lowest BCUT2D eigenvalue weighted by Gasteiger charge is -2.35. The predicted octanol–water partition coefficient (Wildman–Crippen LogP) is 2.26. The van der Waals surface area contributed by atoms with Gasteiger partial charge < -0.3 is 10.2 Å². The Morgan fingerprint density at radius 3 is 2.53 bits per heavy atom. The summed E-state index contributed by atoms with van der Waals surface area (Å²) in [5, 5.41) is 3.95. The van der Waals surface area contributed by atoms with Gasteiger partial charge in [-0.3, -0.25) is 4.79 Å². The molecule has 3 fully saturated rings. The van der Waals surface area contributed by atoms with E-state index in [1.807, 2.05) is 11.8 Å². The van der Waals surface area contributed by atoms with E-state index < -0.39 is 0 Å². The second kappa shape index (κ2) is 6.49. The molecule has 3 aliphatic rings. The van der Waals surface area contributed by atoms with Gasteiger partial charge in [0, 0.05) is 19.1 Å².